The van der Waals surface area contributed by atoms with Crippen LogP contribution in [0.2, 0.25) is 0 Å². The van der Waals surface area contributed by atoms with Gasteiger partial charge in [-0.15, -0.1) is 0 Å². The Labute approximate surface area is 197 Å². The molecule has 0 saturated heterocycles. The number of fused-ring (bicyclic) bond motifs is 1. The second-order valence-corrected chi connectivity index (χ2v) is 10.1. The SMILES string of the molecule is CCc1ccc([C@@H]2C(S(=O)(=O)c3ccccc3)=C(O)C(=O)N2Cc2ccc3c(c2)OCO3)cc1. The second-order valence-electron chi connectivity index (χ2n) is 8.15. The molecule has 5 rings (SSSR count). The molecule has 0 fully saturated rings. The number of aliphatic hydroxyl groups is 1. The molecule has 0 spiro atoms. The van der Waals surface area contributed by atoms with E-state index in [0.717, 1.165) is 17.5 Å². The molecule has 1 N–H and O–H groups in total. The van der Waals surface area contributed by atoms with Crippen molar-refractivity contribution in [2.24, 2.45) is 0 Å². The maximum atomic E-state index is 13.6. The molecule has 0 aromatic heterocycles. The van der Waals surface area contributed by atoms with Crippen LogP contribution in [0.5, 0.6) is 11.5 Å². The minimum absolute atomic E-state index is 0.0180. The van der Waals surface area contributed by atoms with Gasteiger partial charge in [-0.1, -0.05) is 55.5 Å². The Balaban J connectivity index is 1.60. The number of aryl methyl sites for hydroxylation is 1. The summed E-state index contributed by atoms with van der Waals surface area (Å²) < 4.78 is 38.0. The lowest BCUT2D eigenvalue weighted by Gasteiger charge is -2.27. The maximum Gasteiger partial charge on any atom is 0.290 e. The average molecular weight is 478 g/mol. The Morgan fingerprint density at radius 2 is 1.62 bits per heavy atom. The van der Waals surface area contributed by atoms with Crippen molar-refractivity contribution >= 4 is 15.7 Å². The lowest BCUT2D eigenvalue weighted by atomic mass is 10.0. The highest BCUT2D eigenvalue weighted by atomic mass is 32.2. The largest absolute Gasteiger partial charge is 0.502 e. The molecule has 0 saturated carbocycles. The normalized spacial score (nSPS) is 17.5. The van der Waals surface area contributed by atoms with Gasteiger partial charge in [0.1, 0.15) is 4.91 Å². The molecule has 3 aromatic rings. The van der Waals surface area contributed by atoms with Crippen LogP contribution in [0.3, 0.4) is 0 Å². The highest BCUT2D eigenvalue weighted by Crippen LogP contribution is 2.44. The molecule has 2 aliphatic heterocycles. The van der Waals surface area contributed by atoms with Crippen molar-refractivity contribution in [1.82, 2.24) is 4.90 Å². The van der Waals surface area contributed by atoms with Gasteiger partial charge >= 0.3 is 0 Å². The zero-order chi connectivity index (χ0) is 23.9. The first-order chi connectivity index (χ1) is 16.4. The minimum Gasteiger partial charge on any atom is -0.502 e. The number of carbonyl (C=O) groups excluding carboxylic acids is 1. The number of benzene rings is 3. The van der Waals surface area contributed by atoms with E-state index in [4.69, 9.17) is 9.47 Å². The molecule has 2 heterocycles. The summed E-state index contributed by atoms with van der Waals surface area (Å²) in [5.74, 6) is -0.329. The lowest BCUT2D eigenvalue weighted by molar-refractivity contribution is -0.130. The van der Waals surface area contributed by atoms with E-state index in [9.17, 15) is 18.3 Å². The van der Waals surface area contributed by atoms with Crippen LogP contribution in [0, 0.1) is 0 Å². The van der Waals surface area contributed by atoms with Gasteiger partial charge in [-0.25, -0.2) is 8.42 Å². The van der Waals surface area contributed by atoms with Crippen LogP contribution < -0.4 is 9.47 Å². The summed E-state index contributed by atoms with van der Waals surface area (Å²) in [5, 5.41) is 10.9. The molecule has 7 nitrogen and oxygen atoms in total. The van der Waals surface area contributed by atoms with E-state index in [-0.39, 0.29) is 23.1 Å². The Kier molecular flexibility index (Phi) is 5.53. The van der Waals surface area contributed by atoms with Gasteiger partial charge in [-0.3, -0.25) is 4.79 Å². The molecule has 1 amide bonds. The number of aliphatic hydroxyl groups excluding tert-OH is 1. The van der Waals surface area contributed by atoms with Gasteiger partial charge in [0.2, 0.25) is 16.6 Å². The highest BCUT2D eigenvalue weighted by Gasteiger charge is 2.46. The molecule has 174 valence electrons. The minimum atomic E-state index is -4.15. The monoisotopic (exact) mass is 477 g/mol. The van der Waals surface area contributed by atoms with Gasteiger partial charge < -0.3 is 19.5 Å². The summed E-state index contributed by atoms with van der Waals surface area (Å²) in [4.78, 5) is 14.3. The molecule has 2 aliphatic rings. The summed E-state index contributed by atoms with van der Waals surface area (Å²) in [6.45, 7) is 2.22. The van der Waals surface area contributed by atoms with Crippen LogP contribution in [-0.2, 0) is 27.6 Å². The summed E-state index contributed by atoms with van der Waals surface area (Å²) in [6, 6.07) is 19.6. The van der Waals surface area contributed by atoms with E-state index >= 15 is 0 Å². The first-order valence-corrected chi connectivity index (χ1v) is 12.4. The first kappa shape index (κ1) is 22.0. The van der Waals surface area contributed by atoms with Crippen molar-refractivity contribution in [3.05, 3.63) is 100 Å². The summed E-state index contributed by atoms with van der Waals surface area (Å²) >= 11 is 0. The Morgan fingerprint density at radius 3 is 2.32 bits per heavy atom. The predicted molar refractivity (Wildman–Crippen MR) is 125 cm³/mol. The van der Waals surface area contributed by atoms with Gasteiger partial charge in [-0.2, -0.15) is 0 Å². The standard InChI is InChI=1S/C26H23NO6S/c1-2-17-8-11-19(12-9-17)23-25(34(30,31)20-6-4-3-5-7-20)24(28)26(29)27(23)15-18-10-13-21-22(14-18)33-16-32-21/h3-14,23,28H,2,15-16H2,1H3/t23-/m1/s1. The molecule has 0 aliphatic carbocycles. The number of rotatable bonds is 6. The molecule has 0 bridgehead atoms. The Morgan fingerprint density at radius 1 is 0.941 bits per heavy atom. The first-order valence-electron chi connectivity index (χ1n) is 10.9. The summed E-state index contributed by atoms with van der Waals surface area (Å²) in [7, 11) is -4.15. The number of nitrogens with zero attached hydrogens (tertiary/aromatic N) is 1. The Hall–Kier alpha value is -3.78. The van der Waals surface area contributed by atoms with Crippen LogP contribution in [0.25, 0.3) is 0 Å². The maximum absolute atomic E-state index is 13.6. The highest BCUT2D eigenvalue weighted by molar-refractivity contribution is 7.95. The van der Waals surface area contributed by atoms with Crippen molar-refractivity contribution in [2.75, 3.05) is 6.79 Å². The molecular weight excluding hydrogens is 454 g/mol. The fourth-order valence-corrected chi connectivity index (χ4v) is 5.97. The van der Waals surface area contributed by atoms with E-state index in [2.05, 4.69) is 0 Å². The molecule has 34 heavy (non-hydrogen) atoms. The van der Waals surface area contributed by atoms with Gasteiger partial charge in [0.25, 0.3) is 5.91 Å². The van der Waals surface area contributed by atoms with Crippen LogP contribution in [0.1, 0.15) is 29.7 Å². The molecule has 3 aromatic carbocycles. The van der Waals surface area contributed by atoms with Crippen molar-refractivity contribution in [3.63, 3.8) is 0 Å². The third-order valence-corrected chi connectivity index (χ3v) is 7.98. The van der Waals surface area contributed by atoms with E-state index in [0.29, 0.717) is 17.1 Å². The molecular formula is C26H23NO6S. The van der Waals surface area contributed by atoms with Crippen LogP contribution in [0.15, 0.2) is 88.4 Å². The fraction of sp³-hybridized carbons (Fsp3) is 0.192. The molecule has 1 atom stereocenters. The number of hydrogen-bond donors (Lipinski definition) is 1. The van der Waals surface area contributed by atoms with Gasteiger partial charge in [0.05, 0.1) is 10.9 Å². The van der Waals surface area contributed by atoms with Crippen LogP contribution >= 0.6 is 0 Å². The van der Waals surface area contributed by atoms with Crippen LogP contribution in [-0.4, -0.2) is 31.1 Å². The quantitative estimate of drug-likeness (QED) is 0.569. The zero-order valence-electron chi connectivity index (χ0n) is 18.5. The predicted octanol–water partition coefficient (Wildman–Crippen LogP) is 4.30. The second kappa shape index (κ2) is 8.53. The summed E-state index contributed by atoms with van der Waals surface area (Å²) in [5.41, 5.74) is 2.40. The average Bonchev–Trinajstić information content (AvgIpc) is 3.43. The topological polar surface area (TPSA) is 93.1 Å². The molecule has 0 unspecified atom stereocenters. The summed E-state index contributed by atoms with van der Waals surface area (Å²) in [6.07, 6.45) is 0.820. The van der Waals surface area contributed by atoms with Gasteiger partial charge in [0, 0.05) is 6.54 Å². The number of ether oxygens (including phenoxy) is 2. The molecule has 0 radical (unpaired) electrons. The number of amides is 1. The van der Waals surface area contributed by atoms with Crippen molar-refractivity contribution < 1.29 is 27.8 Å². The van der Waals surface area contributed by atoms with Crippen LogP contribution in [0.4, 0.5) is 0 Å². The van der Waals surface area contributed by atoms with Crippen molar-refractivity contribution in [1.29, 1.82) is 0 Å². The Bertz CT molecular complexity index is 1380. The zero-order valence-corrected chi connectivity index (χ0v) is 19.3. The number of hydrogen-bond acceptors (Lipinski definition) is 6. The van der Waals surface area contributed by atoms with Gasteiger partial charge in [0.15, 0.2) is 17.3 Å². The third-order valence-electron chi connectivity index (χ3n) is 6.09. The number of sulfone groups is 1. The van der Waals surface area contributed by atoms with E-state index in [1.54, 1.807) is 36.4 Å². The van der Waals surface area contributed by atoms with Crippen molar-refractivity contribution in [3.8, 4) is 11.5 Å². The molecule has 8 heteroatoms. The third kappa shape index (κ3) is 3.70. The van der Waals surface area contributed by atoms with E-state index < -0.39 is 27.5 Å². The lowest BCUT2D eigenvalue weighted by Crippen LogP contribution is -2.30. The van der Waals surface area contributed by atoms with Crippen molar-refractivity contribution in [2.45, 2.75) is 30.8 Å². The number of carbonyl (C=O) groups is 1. The van der Waals surface area contributed by atoms with Gasteiger partial charge in [-0.05, 0) is 47.4 Å². The smallest absolute Gasteiger partial charge is 0.290 e. The van der Waals surface area contributed by atoms with E-state index in [1.807, 2.05) is 31.2 Å². The van der Waals surface area contributed by atoms with E-state index in [1.165, 1.54) is 17.0 Å². The fourth-order valence-electron chi connectivity index (χ4n) is 4.30.